The molecule has 0 aliphatic rings. The van der Waals surface area contributed by atoms with Gasteiger partial charge in [-0.25, -0.2) is 8.42 Å². The second-order valence-corrected chi connectivity index (χ2v) is 8.45. The Morgan fingerprint density at radius 3 is 2.47 bits per heavy atom. The van der Waals surface area contributed by atoms with Gasteiger partial charge in [0.2, 0.25) is 0 Å². The van der Waals surface area contributed by atoms with Gasteiger partial charge in [-0.2, -0.15) is 0 Å². The molecule has 0 aromatic heterocycles. The highest BCUT2D eigenvalue weighted by molar-refractivity contribution is 7.89. The second kappa shape index (κ2) is 10.9. The molecule has 162 valence electrons. The van der Waals surface area contributed by atoms with Crippen LogP contribution in [0.25, 0.3) is 0 Å². The van der Waals surface area contributed by atoms with Crippen molar-refractivity contribution >= 4 is 33.2 Å². The third-order valence-electron chi connectivity index (χ3n) is 4.11. The summed E-state index contributed by atoms with van der Waals surface area (Å²) in [6.07, 6.45) is 4.33. The van der Waals surface area contributed by atoms with Crippen molar-refractivity contribution in [3.8, 4) is 5.75 Å². The van der Waals surface area contributed by atoms with Crippen LogP contribution in [0, 0.1) is 10.1 Å². The highest BCUT2D eigenvalue weighted by Gasteiger charge is 2.21. The number of halogens is 1. The second-order valence-electron chi connectivity index (χ2n) is 6.36. The predicted molar refractivity (Wildman–Crippen MR) is 112 cm³/mol. The van der Waals surface area contributed by atoms with Crippen LogP contribution >= 0.6 is 11.6 Å². The lowest BCUT2D eigenvalue weighted by Crippen LogP contribution is -2.41. The lowest BCUT2D eigenvalue weighted by Gasteiger charge is -2.10. The Hall–Kier alpha value is -2.69. The van der Waals surface area contributed by atoms with Gasteiger partial charge in [0.15, 0.2) is 0 Å². The fourth-order valence-electron chi connectivity index (χ4n) is 2.47. The normalized spacial score (nSPS) is 11.1. The number of ether oxygens (including phenoxy) is 1. The highest BCUT2D eigenvalue weighted by atomic mass is 35.5. The summed E-state index contributed by atoms with van der Waals surface area (Å²) in [6.45, 7) is 2.71. The van der Waals surface area contributed by atoms with E-state index in [0.29, 0.717) is 12.4 Å². The van der Waals surface area contributed by atoms with Crippen LogP contribution in [-0.2, 0) is 10.0 Å². The lowest BCUT2D eigenvalue weighted by atomic mass is 10.2. The Labute approximate surface area is 179 Å². The Morgan fingerprint density at radius 1 is 1.13 bits per heavy atom. The molecule has 0 bridgehead atoms. The zero-order valence-corrected chi connectivity index (χ0v) is 17.8. The number of carbonyl (C=O) groups is 1. The van der Waals surface area contributed by atoms with Gasteiger partial charge in [-0.1, -0.05) is 37.8 Å². The first-order valence-electron chi connectivity index (χ1n) is 9.23. The minimum absolute atomic E-state index is 0.198. The number of rotatable bonds is 11. The van der Waals surface area contributed by atoms with Gasteiger partial charge in [0.1, 0.15) is 10.8 Å². The predicted octanol–water partition coefficient (Wildman–Crippen LogP) is 3.83. The molecular formula is C19H22ClN3O6S. The molecule has 0 aliphatic heterocycles. The average Bonchev–Trinajstić information content (AvgIpc) is 2.72. The van der Waals surface area contributed by atoms with Crippen molar-refractivity contribution in [2.75, 3.05) is 6.61 Å². The smallest absolute Gasteiger partial charge is 0.289 e. The molecule has 2 rings (SSSR count). The van der Waals surface area contributed by atoms with Crippen LogP contribution in [-0.4, -0.2) is 25.9 Å². The Morgan fingerprint density at radius 2 is 1.83 bits per heavy atom. The summed E-state index contributed by atoms with van der Waals surface area (Å²) in [5, 5.41) is 10.7. The van der Waals surface area contributed by atoms with Crippen molar-refractivity contribution in [1.82, 2.24) is 10.3 Å². The minimum atomic E-state index is -4.23. The third-order valence-corrected chi connectivity index (χ3v) is 5.67. The van der Waals surface area contributed by atoms with Crippen molar-refractivity contribution in [2.24, 2.45) is 0 Å². The fourth-order valence-corrected chi connectivity index (χ4v) is 3.51. The topological polar surface area (TPSA) is 128 Å². The third kappa shape index (κ3) is 6.68. The number of nitrogens with zero attached hydrogens (tertiary/aromatic N) is 1. The number of carbonyl (C=O) groups excluding carboxylic acids is 1. The molecule has 0 atom stereocenters. The SMILES string of the molecule is CCCCCCOc1ccc(C(=O)NNS(=O)(=O)c2ccc(Cl)c([N+](=O)[O-])c2)cc1. The molecule has 0 saturated carbocycles. The van der Waals surface area contributed by atoms with E-state index in [1.54, 1.807) is 12.1 Å². The molecule has 0 heterocycles. The molecule has 0 spiro atoms. The minimum Gasteiger partial charge on any atom is -0.494 e. The van der Waals surface area contributed by atoms with Gasteiger partial charge < -0.3 is 4.74 Å². The van der Waals surface area contributed by atoms with Crippen LogP contribution in [0.2, 0.25) is 5.02 Å². The molecule has 2 aromatic rings. The summed E-state index contributed by atoms with van der Waals surface area (Å²) in [6, 6.07) is 9.23. The summed E-state index contributed by atoms with van der Waals surface area (Å²) < 4.78 is 30.2. The summed E-state index contributed by atoms with van der Waals surface area (Å²) >= 11 is 5.68. The van der Waals surface area contributed by atoms with Crippen molar-refractivity contribution in [3.63, 3.8) is 0 Å². The number of hydrogen-bond donors (Lipinski definition) is 2. The molecule has 2 N–H and O–H groups in total. The fraction of sp³-hybridized carbons (Fsp3) is 0.316. The van der Waals surface area contributed by atoms with E-state index in [1.807, 2.05) is 4.83 Å². The summed E-state index contributed by atoms with van der Waals surface area (Å²) in [4.78, 5) is 23.8. The molecule has 11 heteroatoms. The number of nitro groups is 1. The molecule has 0 aliphatic carbocycles. The van der Waals surface area contributed by atoms with Crippen LogP contribution < -0.4 is 15.0 Å². The molecule has 0 saturated heterocycles. The number of benzene rings is 2. The van der Waals surface area contributed by atoms with E-state index in [1.165, 1.54) is 12.1 Å². The van der Waals surface area contributed by atoms with Gasteiger partial charge in [0, 0.05) is 11.6 Å². The number of unbranched alkanes of at least 4 members (excludes halogenated alkanes) is 3. The largest absolute Gasteiger partial charge is 0.494 e. The molecule has 1 amide bonds. The van der Waals surface area contributed by atoms with E-state index in [4.69, 9.17) is 16.3 Å². The molecule has 0 radical (unpaired) electrons. The van der Waals surface area contributed by atoms with Gasteiger partial charge in [0.25, 0.3) is 21.6 Å². The number of hydrogen-bond acceptors (Lipinski definition) is 6. The quantitative estimate of drug-likeness (QED) is 0.301. The standard InChI is InChI=1S/C19H22ClN3O6S/c1-2-3-4-5-12-29-15-8-6-14(7-9-15)19(24)21-22-30(27,28)16-10-11-17(20)18(13-16)23(25)26/h6-11,13,22H,2-5,12H2,1H3,(H,21,24). The maximum absolute atomic E-state index is 12.3. The number of nitrogens with one attached hydrogen (secondary N) is 2. The molecule has 9 nitrogen and oxygen atoms in total. The highest BCUT2D eigenvalue weighted by Crippen LogP contribution is 2.26. The Balaban J connectivity index is 1.94. The Bertz CT molecular complexity index is 996. The van der Waals surface area contributed by atoms with Crippen molar-refractivity contribution in [1.29, 1.82) is 0 Å². The number of nitro benzene ring substituents is 1. The summed E-state index contributed by atoms with van der Waals surface area (Å²) in [5.74, 6) is -0.0892. The van der Waals surface area contributed by atoms with E-state index in [9.17, 15) is 23.3 Å². The van der Waals surface area contributed by atoms with Crippen molar-refractivity contribution in [2.45, 2.75) is 37.5 Å². The van der Waals surface area contributed by atoms with E-state index >= 15 is 0 Å². The lowest BCUT2D eigenvalue weighted by molar-refractivity contribution is -0.384. The number of amides is 1. The van der Waals surface area contributed by atoms with E-state index in [2.05, 4.69) is 12.3 Å². The van der Waals surface area contributed by atoms with Crippen molar-refractivity contribution in [3.05, 3.63) is 63.2 Å². The van der Waals surface area contributed by atoms with Crippen LogP contribution in [0.4, 0.5) is 5.69 Å². The summed E-state index contributed by atoms with van der Waals surface area (Å²) in [5.41, 5.74) is 1.71. The number of sulfonamides is 1. The molecule has 0 unspecified atom stereocenters. The maximum Gasteiger partial charge on any atom is 0.289 e. The zero-order chi connectivity index (χ0) is 22.1. The molecular weight excluding hydrogens is 434 g/mol. The van der Waals surface area contributed by atoms with E-state index in [0.717, 1.165) is 43.9 Å². The zero-order valence-electron chi connectivity index (χ0n) is 16.3. The van der Waals surface area contributed by atoms with Crippen LogP contribution in [0.3, 0.4) is 0 Å². The molecule has 30 heavy (non-hydrogen) atoms. The van der Waals surface area contributed by atoms with Gasteiger partial charge in [-0.15, -0.1) is 4.83 Å². The summed E-state index contributed by atoms with van der Waals surface area (Å²) in [7, 11) is -4.23. The number of hydrazine groups is 1. The first-order chi connectivity index (χ1) is 14.2. The first-order valence-corrected chi connectivity index (χ1v) is 11.1. The average molecular weight is 456 g/mol. The van der Waals surface area contributed by atoms with Gasteiger partial charge >= 0.3 is 0 Å². The van der Waals surface area contributed by atoms with Crippen LogP contribution in [0.5, 0.6) is 5.75 Å². The van der Waals surface area contributed by atoms with Crippen LogP contribution in [0.15, 0.2) is 47.4 Å². The molecule has 2 aromatic carbocycles. The van der Waals surface area contributed by atoms with E-state index < -0.39 is 31.4 Å². The van der Waals surface area contributed by atoms with Crippen molar-refractivity contribution < 1.29 is 22.9 Å². The Kier molecular flexibility index (Phi) is 8.58. The van der Waals surface area contributed by atoms with Crippen LogP contribution in [0.1, 0.15) is 43.0 Å². The maximum atomic E-state index is 12.3. The van der Waals surface area contributed by atoms with Gasteiger partial charge in [0.05, 0.1) is 16.4 Å². The van der Waals surface area contributed by atoms with Gasteiger partial charge in [-0.05, 0) is 42.8 Å². The first kappa shape index (κ1) is 23.6. The monoisotopic (exact) mass is 455 g/mol. The van der Waals surface area contributed by atoms with Gasteiger partial charge in [-0.3, -0.25) is 20.3 Å². The van der Waals surface area contributed by atoms with E-state index in [-0.39, 0.29) is 10.6 Å². The molecule has 0 fully saturated rings.